The molecular formula is C22H24N8O8S2. The van der Waals surface area contributed by atoms with Gasteiger partial charge in [-0.1, -0.05) is 23.9 Å². The smallest absolute Gasteiger partial charge is 0.352 e. The van der Waals surface area contributed by atoms with Crippen LogP contribution in [0.1, 0.15) is 18.0 Å². The van der Waals surface area contributed by atoms with E-state index >= 15 is 0 Å². The highest BCUT2D eigenvalue weighted by Crippen LogP contribution is 2.41. The van der Waals surface area contributed by atoms with Crippen LogP contribution in [0.15, 0.2) is 40.7 Å². The Morgan fingerprint density at radius 1 is 1.15 bits per heavy atom. The minimum Gasteiger partial charge on any atom is -0.481 e. The largest absolute Gasteiger partial charge is 0.481 e. The van der Waals surface area contributed by atoms with Crippen molar-refractivity contribution in [2.24, 2.45) is 5.73 Å². The zero-order valence-corrected chi connectivity index (χ0v) is 22.2. The van der Waals surface area contributed by atoms with Crippen molar-refractivity contribution >= 4 is 58.9 Å². The molecule has 2 aliphatic heterocycles. The highest BCUT2D eigenvalue weighted by atomic mass is 32.2. The van der Waals surface area contributed by atoms with E-state index in [0.717, 1.165) is 16.7 Å². The number of rotatable bonds is 13. The maximum absolute atomic E-state index is 13.0. The molecule has 3 atom stereocenters. The van der Waals surface area contributed by atoms with Crippen LogP contribution in [-0.2, 0) is 30.5 Å². The molecule has 18 heteroatoms. The molecule has 2 aromatic rings. The van der Waals surface area contributed by atoms with Crippen molar-refractivity contribution in [3.05, 3.63) is 41.1 Å². The summed E-state index contributed by atoms with van der Waals surface area (Å²) < 4.78 is 1.31. The standard InChI is InChI=1S/C22H24N8O8S2/c23-15(10-1-3-12(4-2-10)24-7-14(33)34)18(35)25-16-19(36)30-17(21(37)38)11(8-39-20(16)30)9-40-22-26-27-28-29(22)6-5-13(31)32/h1-4,15-16,20,24H,5-9,23H2,(H,25,35)(H,31,32)(H,33,34)(H,37,38)/t15-,16?,20-/m1/s1. The molecule has 2 amide bonds. The summed E-state index contributed by atoms with van der Waals surface area (Å²) in [5, 5.41) is 43.6. The number of β-lactam (4-membered cyclic amide) rings is 1. The van der Waals surface area contributed by atoms with Crippen molar-refractivity contribution in [2.75, 3.05) is 23.4 Å². The molecule has 1 saturated heterocycles. The number of benzene rings is 1. The van der Waals surface area contributed by atoms with Gasteiger partial charge in [0.05, 0.1) is 13.0 Å². The van der Waals surface area contributed by atoms with E-state index in [1.165, 1.54) is 16.4 Å². The van der Waals surface area contributed by atoms with Crippen molar-refractivity contribution < 1.29 is 39.3 Å². The van der Waals surface area contributed by atoms with Crippen LogP contribution in [0.2, 0.25) is 0 Å². The Morgan fingerprint density at radius 2 is 1.88 bits per heavy atom. The van der Waals surface area contributed by atoms with Crippen molar-refractivity contribution in [3.63, 3.8) is 0 Å². The molecule has 16 nitrogen and oxygen atoms in total. The average Bonchev–Trinajstić information content (AvgIpc) is 3.38. The van der Waals surface area contributed by atoms with Gasteiger partial charge >= 0.3 is 17.9 Å². The van der Waals surface area contributed by atoms with E-state index in [0.29, 0.717) is 22.0 Å². The maximum atomic E-state index is 13.0. The molecule has 7 N–H and O–H groups in total. The molecule has 2 aliphatic rings. The van der Waals surface area contributed by atoms with E-state index < -0.39 is 47.2 Å². The number of nitrogens with two attached hydrogens (primary N) is 1. The summed E-state index contributed by atoms with van der Waals surface area (Å²) in [5.74, 6) is -4.13. The third-order valence-corrected chi connectivity index (χ3v) is 8.34. The number of carboxylic acid groups (broad SMARTS) is 3. The Morgan fingerprint density at radius 3 is 2.52 bits per heavy atom. The number of nitrogens with zero attached hydrogens (tertiary/aromatic N) is 5. The Hall–Kier alpha value is -4.16. The predicted octanol–water partition coefficient (Wildman–Crippen LogP) is -0.825. The lowest BCUT2D eigenvalue weighted by molar-refractivity contribution is -0.150. The molecule has 1 unspecified atom stereocenters. The number of carboxylic acids is 3. The SMILES string of the molecule is N[C@@H](C(=O)NC1C(=O)N2C(C(=O)O)=C(CSc3nnnn3CCC(=O)O)CS[C@H]12)c1ccc(NCC(=O)O)cc1. The number of anilines is 1. The van der Waals surface area contributed by atoms with E-state index in [1.54, 1.807) is 24.3 Å². The van der Waals surface area contributed by atoms with Gasteiger partial charge in [0.25, 0.3) is 5.91 Å². The summed E-state index contributed by atoms with van der Waals surface area (Å²) in [6, 6.07) is 4.20. The van der Waals surface area contributed by atoms with Gasteiger partial charge in [-0.15, -0.1) is 16.9 Å². The van der Waals surface area contributed by atoms with Gasteiger partial charge in [0.2, 0.25) is 11.1 Å². The van der Waals surface area contributed by atoms with Gasteiger partial charge in [0.15, 0.2) is 0 Å². The molecule has 4 rings (SSSR count). The van der Waals surface area contributed by atoms with E-state index in [2.05, 4.69) is 26.2 Å². The molecule has 3 heterocycles. The molecule has 0 radical (unpaired) electrons. The predicted molar refractivity (Wildman–Crippen MR) is 140 cm³/mol. The fraction of sp³-hybridized carbons (Fsp3) is 0.364. The first-order valence-electron chi connectivity index (χ1n) is 11.7. The average molecular weight is 593 g/mol. The van der Waals surface area contributed by atoms with Crippen LogP contribution in [0.5, 0.6) is 0 Å². The van der Waals surface area contributed by atoms with E-state index in [4.69, 9.17) is 15.9 Å². The summed E-state index contributed by atoms with van der Waals surface area (Å²) in [4.78, 5) is 60.5. The number of tetrazole rings is 1. The molecule has 1 fully saturated rings. The number of aliphatic carboxylic acids is 3. The first-order chi connectivity index (χ1) is 19.1. The van der Waals surface area contributed by atoms with Crippen molar-refractivity contribution in [1.29, 1.82) is 0 Å². The molecule has 0 bridgehead atoms. The van der Waals surface area contributed by atoms with Crippen molar-refractivity contribution in [3.8, 4) is 0 Å². The van der Waals surface area contributed by atoms with Crippen LogP contribution in [0, 0.1) is 0 Å². The monoisotopic (exact) mass is 592 g/mol. The Kier molecular flexibility index (Phi) is 8.90. The Labute approximate surface area is 234 Å². The topological polar surface area (TPSA) is 243 Å². The van der Waals surface area contributed by atoms with Gasteiger partial charge in [-0.25, -0.2) is 9.48 Å². The van der Waals surface area contributed by atoms with Crippen LogP contribution in [0.25, 0.3) is 0 Å². The number of thioether (sulfide) groups is 2. The number of carbonyl (C=O) groups excluding carboxylic acids is 2. The van der Waals surface area contributed by atoms with Gasteiger partial charge in [0.1, 0.15) is 29.7 Å². The van der Waals surface area contributed by atoms with Crippen molar-refractivity contribution in [1.82, 2.24) is 30.4 Å². The third-order valence-electron chi connectivity index (χ3n) is 5.96. The minimum absolute atomic E-state index is 0.0478. The first kappa shape index (κ1) is 28.8. The fourth-order valence-corrected chi connectivity index (χ4v) is 6.36. The second-order valence-corrected chi connectivity index (χ2v) is 10.7. The van der Waals surface area contributed by atoms with Crippen LogP contribution in [-0.4, -0.2) is 99.6 Å². The lowest BCUT2D eigenvalue weighted by atomic mass is 10.0. The second-order valence-electron chi connectivity index (χ2n) is 8.62. The van der Waals surface area contributed by atoms with Gasteiger partial charge in [-0.2, -0.15) is 0 Å². The number of fused-ring (bicyclic) bond motifs is 1. The summed E-state index contributed by atoms with van der Waals surface area (Å²) in [6.07, 6.45) is -0.187. The third kappa shape index (κ3) is 6.35. The van der Waals surface area contributed by atoms with E-state index in [1.807, 2.05) is 0 Å². The maximum Gasteiger partial charge on any atom is 0.352 e. The molecule has 0 spiro atoms. The zero-order valence-electron chi connectivity index (χ0n) is 20.6. The summed E-state index contributed by atoms with van der Waals surface area (Å²) >= 11 is 2.41. The number of aryl methyl sites for hydroxylation is 1. The lowest BCUT2D eigenvalue weighted by Crippen LogP contribution is -2.71. The number of carbonyl (C=O) groups is 5. The summed E-state index contributed by atoms with van der Waals surface area (Å²) in [6.45, 7) is -0.226. The van der Waals surface area contributed by atoms with E-state index in [9.17, 15) is 29.1 Å². The van der Waals surface area contributed by atoms with Crippen molar-refractivity contribution in [2.45, 2.75) is 35.6 Å². The zero-order chi connectivity index (χ0) is 29.0. The van der Waals surface area contributed by atoms with Crippen LogP contribution in [0.4, 0.5) is 5.69 Å². The highest BCUT2D eigenvalue weighted by Gasteiger charge is 2.54. The first-order valence-corrected chi connectivity index (χ1v) is 13.7. The molecular weight excluding hydrogens is 568 g/mol. The normalized spacial score (nSPS) is 18.9. The number of hydrogen-bond donors (Lipinski definition) is 6. The molecule has 0 saturated carbocycles. The van der Waals surface area contributed by atoms with Gasteiger partial charge < -0.3 is 31.7 Å². The van der Waals surface area contributed by atoms with E-state index in [-0.39, 0.29) is 36.7 Å². The van der Waals surface area contributed by atoms with Crippen LogP contribution in [0.3, 0.4) is 0 Å². The fourth-order valence-electron chi connectivity index (χ4n) is 3.97. The Bertz CT molecular complexity index is 1360. The van der Waals surface area contributed by atoms with Gasteiger partial charge in [-0.05, 0) is 33.7 Å². The molecule has 1 aromatic heterocycles. The quantitative estimate of drug-likeness (QED) is 0.123. The number of amides is 2. The lowest BCUT2D eigenvalue weighted by Gasteiger charge is -2.49. The number of hydrogen-bond acceptors (Lipinski definition) is 12. The van der Waals surface area contributed by atoms with Gasteiger partial charge in [0, 0.05) is 17.2 Å². The number of aromatic nitrogens is 4. The van der Waals surface area contributed by atoms with Crippen LogP contribution < -0.4 is 16.4 Å². The van der Waals surface area contributed by atoms with Crippen LogP contribution >= 0.6 is 23.5 Å². The summed E-state index contributed by atoms with van der Waals surface area (Å²) in [7, 11) is 0. The molecule has 212 valence electrons. The van der Waals surface area contributed by atoms with Gasteiger partial charge in [-0.3, -0.25) is 24.1 Å². The second kappa shape index (κ2) is 12.3. The number of nitrogens with one attached hydrogen (secondary N) is 2. The Balaban J connectivity index is 1.38. The summed E-state index contributed by atoms with van der Waals surface area (Å²) in [5.41, 5.74) is 7.32. The minimum atomic E-state index is -1.29. The highest BCUT2D eigenvalue weighted by molar-refractivity contribution is 8.01. The molecule has 40 heavy (non-hydrogen) atoms. The molecule has 0 aliphatic carbocycles. The molecule has 1 aromatic carbocycles.